The van der Waals surface area contributed by atoms with Gasteiger partial charge in [-0.2, -0.15) is 13.2 Å². The molecule has 0 N–H and O–H groups in total. The van der Waals surface area contributed by atoms with Crippen molar-refractivity contribution >= 4 is 16.7 Å². The number of halogens is 3. The molecule has 1 amide bonds. The lowest BCUT2D eigenvalue weighted by Crippen LogP contribution is -2.40. The predicted octanol–water partition coefficient (Wildman–Crippen LogP) is 5.74. The van der Waals surface area contributed by atoms with Crippen LogP contribution in [-0.2, 0) is 6.42 Å². The SMILES string of the molecule is O=C(c1cc(-c2ccc3ccccc3c2)on1)N(CCc1ccccc1)CC(F)(F)F. The summed E-state index contributed by atoms with van der Waals surface area (Å²) in [6.07, 6.45) is -4.21. The summed E-state index contributed by atoms with van der Waals surface area (Å²) in [4.78, 5) is 13.6. The Morgan fingerprint density at radius 1 is 0.903 bits per heavy atom. The topological polar surface area (TPSA) is 46.3 Å². The summed E-state index contributed by atoms with van der Waals surface area (Å²) in [5.74, 6) is -0.492. The van der Waals surface area contributed by atoms with E-state index in [1.807, 2.05) is 60.7 Å². The van der Waals surface area contributed by atoms with Gasteiger partial charge in [-0.1, -0.05) is 71.9 Å². The summed E-state index contributed by atoms with van der Waals surface area (Å²) < 4.78 is 44.6. The van der Waals surface area contributed by atoms with Crippen LogP contribution in [0.2, 0.25) is 0 Å². The highest BCUT2D eigenvalue weighted by Crippen LogP contribution is 2.26. The minimum absolute atomic E-state index is 0.0828. The summed E-state index contributed by atoms with van der Waals surface area (Å²) in [6, 6.07) is 23.8. The van der Waals surface area contributed by atoms with E-state index in [4.69, 9.17) is 4.52 Å². The van der Waals surface area contributed by atoms with Crippen molar-refractivity contribution in [3.05, 3.63) is 90.1 Å². The lowest BCUT2D eigenvalue weighted by Gasteiger charge is -2.23. The molecule has 31 heavy (non-hydrogen) atoms. The fourth-order valence-corrected chi connectivity index (χ4v) is 3.39. The van der Waals surface area contributed by atoms with Crippen LogP contribution >= 0.6 is 0 Å². The molecule has 0 saturated heterocycles. The summed E-state index contributed by atoms with van der Waals surface area (Å²) in [5.41, 5.74) is 1.39. The second-order valence-electron chi connectivity index (χ2n) is 7.22. The third kappa shape index (κ3) is 5.12. The Bertz CT molecular complexity index is 1190. The smallest absolute Gasteiger partial charge is 0.355 e. The molecule has 1 aromatic heterocycles. The molecular weight excluding hydrogens is 405 g/mol. The molecule has 0 bridgehead atoms. The Morgan fingerprint density at radius 3 is 2.35 bits per heavy atom. The quantitative estimate of drug-likeness (QED) is 0.396. The molecule has 0 radical (unpaired) electrons. The number of hydrogen-bond donors (Lipinski definition) is 0. The van der Waals surface area contributed by atoms with Crippen LogP contribution < -0.4 is 0 Å². The highest BCUT2D eigenvalue weighted by Gasteiger charge is 2.34. The highest BCUT2D eigenvalue weighted by molar-refractivity contribution is 5.93. The number of amides is 1. The molecule has 0 unspecified atom stereocenters. The molecule has 0 aliphatic rings. The fourth-order valence-electron chi connectivity index (χ4n) is 3.39. The first-order chi connectivity index (χ1) is 14.9. The number of nitrogens with zero attached hydrogens (tertiary/aromatic N) is 2. The monoisotopic (exact) mass is 424 g/mol. The molecule has 0 atom stereocenters. The largest absolute Gasteiger partial charge is 0.406 e. The van der Waals surface area contributed by atoms with Crippen LogP contribution in [0.25, 0.3) is 22.1 Å². The van der Waals surface area contributed by atoms with Gasteiger partial charge in [0.25, 0.3) is 5.91 Å². The summed E-state index contributed by atoms with van der Waals surface area (Å²) >= 11 is 0. The number of aromatic nitrogens is 1. The van der Waals surface area contributed by atoms with E-state index in [2.05, 4.69) is 5.16 Å². The number of fused-ring (bicyclic) bond motifs is 1. The van der Waals surface area contributed by atoms with Gasteiger partial charge in [-0.3, -0.25) is 4.79 Å². The Balaban J connectivity index is 1.55. The maximum atomic E-state index is 13.1. The minimum Gasteiger partial charge on any atom is -0.355 e. The van der Waals surface area contributed by atoms with E-state index in [0.29, 0.717) is 17.7 Å². The number of benzene rings is 3. The predicted molar refractivity (Wildman–Crippen MR) is 112 cm³/mol. The van der Waals surface area contributed by atoms with E-state index in [0.717, 1.165) is 21.2 Å². The molecule has 0 saturated carbocycles. The number of rotatable bonds is 6. The Hall–Kier alpha value is -3.61. The van der Waals surface area contributed by atoms with Gasteiger partial charge < -0.3 is 9.42 Å². The van der Waals surface area contributed by atoms with Crippen molar-refractivity contribution in [2.45, 2.75) is 12.6 Å². The first-order valence-electron chi connectivity index (χ1n) is 9.75. The zero-order valence-corrected chi connectivity index (χ0v) is 16.5. The number of carbonyl (C=O) groups is 1. The Labute approximate surface area is 176 Å². The maximum Gasteiger partial charge on any atom is 0.406 e. The number of alkyl halides is 3. The van der Waals surface area contributed by atoms with Gasteiger partial charge in [0, 0.05) is 18.2 Å². The van der Waals surface area contributed by atoms with E-state index >= 15 is 0 Å². The summed E-state index contributed by atoms with van der Waals surface area (Å²) in [5, 5.41) is 5.76. The van der Waals surface area contributed by atoms with Crippen molar-refractivity contribution in [3.63, 3.8) is 0 Å². The molecule has 4 nitrogen and oxygen atoms in total. The molecule has 7 heteroatoms. The second-order valence-corrected chi connectivity index (χ2v) is 7.22. The molecule has 4 aromatic rings. The molecule has 3 aromatic carbocycles. The van der Waals surface area contributed by atoms with E-state index in [1.165, 1.54) is 6.07 Å². The van der Waals surface area contributed by atoms with E-state index in [9.17, 15) is 18.0 Å². The molecular formula is C24H19F3N2O2. The average Bonchev–Trinajstić information content (AvgIpc) is 3.26. The normalized spacial score (nSPS) is 11.6. The molecule has 0 fully saturated rings. The van der Waals surface area contributed by atoms with Gasteiger partial charge >= 0.3 is 6.18 Å². The van der Waals surface area contributed by atoms with Crippen molar-refractivity contribution in [1.82, 2.24) is 10.1 Å². The lowest BCUT2D eigenvalue weighted by atomic mass is 10.1. The molecule has 1 heterocycles. The lowest BCUT2D eigenvalue weighted by molar-refractivity contribution is -0.140. The van der Waals surface area contributed by atoms with Gasteiger partial charge in [0.15, 0.2) is 11.5 Å². The van der Waals surface area contributed by atoms with Crippen molar-refractivity contribution in [1.29, 1.82) is 0 Å². The van der Waals surface area contributed by atoms with Crippen LogP contribution in [0.15, 0.2) is 83.4 Å². The van der Waals surface area contributed by atoms with Crippen LogP contribution in [0, 0.1) is 0 Å². The van der Waals surface area contributed by atoms with Crippen LogP contribution in [0.1, 0.15) is 16.1 Å². The molecule has 0 aliphatic heterocycles. The number of hydrogen-bond acceptors (Lipinski definition) is 3. The van der Waals surface area contributed by atoms with Crippen molar-refractivity contribution in [2.75, 3.05) is 13.1 Å². The third-order valence-corrected chi connectivity index (χ3v) is 4.93. The van der Waals surface area contributed by atoms with Crippen LogP contribution in [0.3, 0.4) is 0 Å². The maximum absolute atomic E-state index is 13.1. The van der Waals surface area contributed by atoms with E-state index < -0.39 is 18.6 Å². The molecule has 4 rings (SSSR count). The Kier molecular flexibility index (Phi) is 5.75. The van der Waals surface area contributed by atoms with Gasteiger partial charge in [-0.05, 0) is 28.8 Å². The number of carbonyl (C=O) groups excluding carboxylic acids is 1. The van der Waals surface area contributed by atoms with Gasteiger partial charge in [0.2, 0.25) is 0 Å². The van der Waals surface area contributed by atoms with Crippen LogP contribution in [0.5, 0.6) is 0 Å². The summed E-state index contributed by atoms with van der Waals surface area (Å²) in [7, 11) is 0. The van der Waals surface area contributed by atoms with Crippen molar-refractivity contribution < 1.29 is 22.5 Å². The first-order valence-corrected chi connectivity index (χ1v) is 9.75. The summed E-state index contributed by atoms with van der Waals surface area (Å²) in [6.45, 7) is -1.43. The van der Waals surface area contributed by atoms with E-state index in [1.54, 1.807) is 12.1 Å². The molecule has 0 aliphatic carbocycles. The highest BCUT2D eigenvalue weighted by atomic mass is 19.4. The van der Waals surface area contributed by atoms with Gasteiger partial charge in [-0.25, -0.2) is 0 Å². The van der Waals surface area contributed by atoms with Crippen LogP contribution in [0.4, 0.5) is 13.2 Å². The fraction of sp³-hybridized carbons (Fsp3) is 0.167. The van der Waals surface area contributed by atoms with Crippen molar-refractivity contribution in [3.8, 4) is 11.3 Å². The Morgan fingerprint density at radius 2 is 1.61 bits per heavy atom. The van der Waals surface area contributed by atoms with Gasteiger partial charge in [0.05, 0.1) is 0 Å². The average molecular weight is 424 g/mol. The van der Waals surface area contributed by atoms with Gasteiger partial charge in [0.1, 0.15) is 6.54 Å². The third-order valence-electron chi connectivity index (χ3n) is 4.93. The minimum atomic E-state index is -4.52. The molecule has 158 valence electrons. The van der Waals surface area contributed by atoms with E-state index in [-0.39, 0.29) is 12.2 Å². The zero-order valence-electron chi connectivity index (χ0n) is 16.5. The van der Waals surface area contributed by atoms with Crippen LogP contribution in [-0.4, -0.2) is 35.2 Å². The standard InChI is InChI=1S/C24H19F3N2O2/c25-24(26,27)16-29(13-12-17-6-2-1-3-7-17)23(30)21-15-22(31-28-21)20-11-10-18-8-4-5-9-19(18)14-20/h1-11,14-15H,12-13,16H2. The van der Waals surface area contributed by atoms with Gasteiger partial charge in [-0.15, -0.1) is 0 Å². The molecule has 0 spiro atoms. The first kappa shape index (κ1) is 20.7. The zero-order chi connectivity index (χ0) is 21.8. The second kappa shape index (κ2) is 8.63. The van der Waals surface area contributed by atoms with Crippen molar-refractivity contribution in [2.24, 2.45) is 0 Å².